The fourth-order valence-electron chi connectivity index (χ4n) is 1.37. The summed E-state index contributed by atoms with van der Waals surface area (Å²) in [6.07, 6.45) is 2.60. The zero-order valence-corrected chi connectivity index (χ0v) is 9.77. The maximum Gasteiger partial charge on any atom is 0.344 e. The van der Waals surface area contributed by atoms with Crippen LogP contribution in [0.15, 0.2) is 24.3 Å². The van der Waals surface area contributed by atoms with E-state index in [1.54, 1.807) is 0 Å². The standard InChI is InChI=1S/C13H18O3/c1-3-4-5-11-6-8-12(9-7-11)16-10(2)13(14)15/h6-10H,3-5H2,1-2H3,(H,14,15)/t10-/m0/s1. The van der Waals surface area contributed by atoms with Crippen molar-refractivity contribution in [1.82, 2.24) is 0 Å². The molecule has 0 bridgehead atoms. The zero-order valence-electron chi connectivity index (χ0n) is 9.77. The summed E-state index contributed by atoms with van der Waals surface area (Å²) in [6, 6.07) is 7.62. The molecule has 0 aliphatic carbocycles. The number of carbonyl (C=O) groups is 1. The Balaban J connectivity index is 2.54. The predicted octanol–water partition coefficient (Wildman–Crippen LogP) is 2.88. The van der Waals surface area contributed by atoms with Crippen molar-refractivity contribution in [2.24, 2.45) is 0 Å². The molecule has 0 spiro atoms. The Labute approximate surface area is 96.1 Å². The zero-order chi connectivity index (χ0) is 12.0. The van der Waals surface area contributed by atoms with E-state index in [0.29, 0.717) is 5.75 Å². The number of ether oxygens (including phenoxy) is 1. The van der Waals surface area contributed by atoms with Gasteiger partial charge in [0.1, 0.15) is 5.75 Å². The van der Waals surface area contributed by atoms with Crippen LogP contribution in [-0.4, -0.2) is 17.2 Å². The van der Waals surface area contributed by atoms with Gasteiger partial charge in [0.2, 0.25) is 0 Å². The van der Waals surface area contributed by atoms with Crippen LogP contribution in [0.4, 0.5) is 0 Å². The molecule has 0 aliphatic rings. The van der Waals surface area contributed by atoms with E-state index in [4.69, 9.17) is 9.84 Å². The maximum absolute atomic E-state index is 10.6. The SMILES string of the molecule is CCCCc1ccc(O[C@@H](C)C(=O)O)cc1. The second-order valence-electron chi connectivity index (χ2n) is 3.85. The van der Waals surface area contributed by atoms with Crippen molar-refractivity contribution in [3.05, 3.63) is 29.8 Å². The number of aryl methyl sites for hydroxylation is 1. The van der Waals surface area contributed by atoms with Crippen LogP contribution in [0.25, 0.3) is 0 Å². The van der Waals surface area contributed by atoms with E-state index in [1.165, 1.54) is 25.3 Å². The lowest BCUT2D eigenvalue weighted by atomic mass is 10.1. The first-order valence-electron chi connectivity index (χ1n) is 5.62. The van der Waals surface area contributed by atoms with Gasteiger partial charge in [0, 0.05) is 0 Å². The molecule has 1 aromatic carbocycles. The number of rotatable bonds is 6. The second kappa shape index (κ2) is 6.16. The minimum absolute atomic E-state index is 0.607. The molecule has 0 fully saturated rings. The maximum atomic E-state index is 10.6. The summed E-state index contributed by atoms with van der Waals surface area (Å²) in [5, 5.41) is 8.69. The van der Waals surface area contributed by atoms with E-state index in [9.17, 15) is 4.79 Å². The van der Waals surface area contributed by atoms with Crippen molar-refractivity contribution in [2.45, 2.75) is 39.2 Å². The molecular formula is C13H18O3. The molecular weight excluding hydrogens is 204 g/mol. The summed E-state index contributed by atoms with van der Waals surface area (Å²) >= 11 is 0. The van der Waals surface area contributed by atoms with Gasteiger partial charge in [-0.1, -0.05) is 25.5 Å². The Morgan fingerprint density at radius 3 is 2.50 bits per heavy atom. The van der Waals surface area contributed by atoms with Crippen LogP contribution in [0.5, 0.6) is 5.75 Å². The molecule has 1 aromatic rings. The minimum Gasteiger partial charge on any atom is -0.479 e. The topological polar surface area (TPSA) is 46.5 Å². The average molecular weight is 222 g/mol. The molecule has 3 heteroatoms. The third-order valence-electron chi connectivity index (χ3n) is 2.40. The van der Waals surface area contributed by atoms with Gasteiger partial charge in [-0.05, 0) is 37.5 Å². The van der Waals surface area contributed by atoms with Gasteiger partial charge in [-0.2, -0.15) is 0 Å². The number of benzene rings is 1. The Morgan fingerprint density at radius 2 is 2.00 bits per heavy atom. The van der Waals surface area contributed by atoms with Crippen LogP contribution < -0.4 is 4.74 Å². The minimum atomic E-state index is -0.949. The summed E-state index contributed by atoms with van der Waals surface area (Å²) in [6.45, 7) is 3.68. The first-order chi connectivity index (χ1) is 7.63. The number of hydrogen-bond donors (Lipinski definition) is 1. The van der Waals surface area contributed by atoms with Crippen LogP contribution >= 0.6 is 0 Å². The quantitative estimate of drug-likeness (QED) is 0.805. The van der Waals surface area contributed by atoms with E-state index in [1.807, 2.05) is 24.3 Å². The third-order valence-corrected chi connectivity index (χ3v) is 2.40. The third kappa shape index (κ3) is 3.93. The fourth-order valence-corrected chi connectivity index (χ4v) is 1.37. The van der Waals surface area contributed by atoms with Crippen LogP contribution in [-0.2, 0) is 11.2 Å². The highest BCUT2D eigenvalue weighted by atomic mass is 16.5. The van der Waals surface area contributed by atoms with Crippen molar-refractivity contribution >= 4 is 5.97 Å². The van der Waals surface area contributed by atoms with Crippen LogP contribution in [0.2, 0.25) is 0 Å². The highest BCUT2D eigenvalue weighted by Gasteiger charge is 2.11. The van der Waals surface area contributed by atoms with Gasteiger partial charge in [0.25, 0.3) is 0 Å². The second-order valence-corrected chi connectivity index (χ2v) is 3.85. The van der Waals surface area contributed by atoms with Crippen LogP contribution in [0.1, 0.15) is 32.3 Å². The van der Waals surface area contributed by atoms with E-state index >= 15 is 0 Å². The Morgan fingerprint density at radius 1 is 1.38 bits per heavy atom. The lowest BCUT2D eigenvalue weighted by Gasteiger charge is -2.10. The van der Waals surface area contributed by atoms with Gasteiger partial charge < -0.3 is 9.84 Å². The summed E-state index contributed by atoms with van der Waals surface area (Å²) in [5.41, 5.74) is 1.26. The molecule has 1 rings (SSSR count). The van der Waals surface area contributed by atoms with Crippen molar-refractivity contribution in [3.8, 4) is 5.75 Å². The Kier molecular flexibility index (Phi) is 4.83. The van der Waals surface area contributed by atoms with Gasteiger partial charge in [0.05, 0.1) is 0 Å². The molecule has 0 saturated carbocycles. The Hall–Kier alpha value is -1.51. The summed E-state index contributed by atoms with van der Waals surface area (Å²) in [5.74, 6) is -0.342. The lowest BCUT2D eigenvalue weighted by Crippen LogP contribution is -2.22. The first-order valence-corrected chi connectivity index (χ1v) is 5.62. The van der Waals surface area contributed by atoms with Crippen LogP contribution in [0.3, 0.4) is 0 Å². The lowest BCUT2D eigenvalue weighted by molar-refractivity contribution is -0.144. The number of aliphatic carboxylic acids is 1. The summed E-state index contributed by atoms with van der Waals surface area (Å²) in [4.78, 5) is 10.6. The largest absolute Gasteiger partial charge is 0.479 e. The molecule has 0 radical (unpaired) electrons. The molecule has 0 aliphatic heterocycles. The number of carboxylic acid groups (broad SMARTS) is 1. The van der Waals surface area contributed by atoms with Crippen molar-refractivity contribution < 1.29 is 14.6 Å². The normalized spacial score (nSPS) is 12.1. The summed E-state index contributed by atoms with van der Waals surface area (Å²) in [7, 11) is 0. The molecule has 1 atom stereocenters. The van der Waals surface area contributed by atoms with Gasteiger partial charge in [-0.3, -0.25) is 0 Å². The number of unbranched alkanes of at least 4 members (excludes halogenated alkanes) is 1. The van der Waals surface area contributed by atoms with Gasteiger partial charge in [-0.15, -0.1) is 0 Å². The predicted molar refractivity (Wildman–Crippen MR) is 62.8 cm³/mol. The van der Waals surface area contributed by atoms with Crippen molar-refractivity contribution in [1.29, 1.82) is 0 Å². The van der Waals surface area contributed by atoms with Crippen LogP contribution in [0, 0.1) is 0 Å². The van der Waals surface area contributed by atoms with E-state index in [-0.39, 0.29) is 0 Å². The molecule has 88 valence electrons. The molecule has 0 unspecified atom stereocenters. The molecule has 0 heterocycles. The summed E-state index contributed by atoms with van der Waals surface area (Å²) < 4.78 is 5.24. The average Bonchev–Trinajstić information content (AvgIpc) is 2.28. The van der Waals surface area contributed by atoms with E-state index in [2.05, 4.69) is 6.92 Å². The van der Waals surface area contributed by atoms with Gasteiger partial charge >= 0.3 is 5.97 Å². The van der Waals surface area contributed by atoms with E-state index < -0.39 is 12.1 Å². The number of hydrogen-bond acceptors (Lipinski definition) is 2. The van der Waals surface area contributed by atoms with Crippen molar-refractivity contribution in [2.75, 3.05) is 0 Å². The number of carboxylic acids is 1. The molecule has 1 N–H and O–H groups in total. The van der Waals surface area contributed by atoms with E-state index in [0.717, 1.165) is 6.42 Å². The smallest absolute Gasteiger partial charge is 0.344 e. The monoisotopic (exact) mass is 222 g/mol. The Bertz CT molecular complexity index is 330. The van der Waals surface area contributed by atoms with Gasteiger partial charge in [0.15, 0.2) is 6.10 Å². The fraction of sp³-hybridized carbons (Fsp3) is 0.462. The highest BCUT2D eigenvalue weighted by molar-refractivity contribution is 5.72. The van der Waals surface area contributed by atoms with Crippen molar-refractivity contribution in [3.63, 3.8) is 0 Å². The molecule has 16 heavy (non-hydrogen) atoms. The highest BCUT2D eigenvalue weighted by Crippen LogP contribution is 2.15. The van der Waals surface area contributed by atoms with Gasteiger partial charge in [-0.25, -0.2) is 4.79 Å². The molecule has 0 aromatic heterocycles. The molecule has 0 saturated heterocycles. The molecule has 0 amide bonds. The molecule has 3 nitrogen and oxygen atoms in total. The first kappa shape index (κ1) is 12.6.